The highest BCUT2D eigenvalue weighted by molar-refractivity contribution is 5.98. The van der Waals surface area contributed by atoms with Crippen molar-refractivity contribution in [3.8, 4) is 0 Å². The smallest absolute Gasteiger partial charge is 0.303 e. The van der Waals surface area contributed by atoms with Crippen molar-refractivity contribution in [2.24, 2.45) is 5.92 Å². The van der Waals surface area contributed by atoms with E-state index in [0.717, 1.165) is 29.9 Å². The number of ketones is 1. The van der Waals surface area contributed by atoms with Gasteiger partial charge in [0.1, 0.15) is 0 Å². The third-order valence-corrected chi connectivity index (χ3v) is 5.33. The summed E-state index contributed by atoms with van der Waals surface area (Å²) >= 11 is 0. The Morgan fingerprint density at radius 3 is 2.42 bits per heavy atom. The van der Waals surface area contributed by atoms with E-state index in [1.54, 1.807) is 0 Å². The van der Waals surface area contributed by atoms with Crippen LogP contribution in [0.2, 0.25) is 0 Å². The molecule has 3 heteroatoms. The lowest BCUT2D eigenvalue weighted by Gasteiger charge is -2.30. The summed E-state index contributed by atoms with van der Waals surface area (Å²) < 4.78 is 0. The van der Waals surface area contributed by atoms with Crippen molar-refractivity contribution in [3.63, 3.8) is 0 Å². The second kappa shape index (κ2) is 9.61. The second-order valence-corrected chi connectivity index (χ2v) is 7.12. The monoisotopic (exact) mass is 330 g/mol. The molecule has 1 aliphatic rings. The van der Waals surface area contributed by atoms with E-state index in [1.807, 2.05) is 18.2 Å². The van der Waals surface area contributed by atoms with Crippen LogP contribution in [-0.4, -0.2) is 16.9 Å². The van der Waals surface area contributed by atoms with Gasteiger partial charge in [-0.1, -0.05) is 56.9 Å². The number of Topliss-reactive ketones (excluding diaryl/α,β-unsaturated/α-hetero) is 1. The molecule has 3 nitrogen and oxygen atoms in total. The topological polar surface area (TPSA) is 54.4 Å². The minimum atomic E-state index is -0.909. The van der Waals surface area contributed by atoms with Crippen molar-refractivity contribution >= 4 is 11.8 Å². The molecular weight excluding hydrogens is 300 g/mol. The molecule has 0 unspecified atom stereocenters. The van der Waals surface area contributed by atoms with Gasteiger partial charge in [0.05, 0.1) is 6.42 Å². The highest BCUT2D eigenvalue weighted by Crippen LogP contribution is 2.39. The first kappa shape index (κ1) is 18.7. The Hall–Kier alpha value is -1.64. The number of carbonyl (C=O) groups excluding carboxylic acids is 1. The molecule has 1 N–H and O–H groups in total. The maximum absolute atomic E-state index is 12.4. The van der Waals surface area contributed by atoms with E-state index in [0.29, 0.717) is 5.92 Å². The second-order valence-electron chi connectivity index (χ2n) is 7.12. The van der Waals surface area contributed by atoms with Gasteiger partial charge in [-0.2, -0.15) is 0 Å². The third-order valence-electron chi connectivity index (χ3n) is 5.33. The molecule has 0 radical (unpaired) electrons. The van der Waals surface area contributed by atoms with Crippen molar-refractivity contribution < 1.29 is 14.7 Å². The number of carboxylic acid groups (broad SMARTS) is 1. The first-order chi connectivity index (χ1) is 11.6. The summed E-state index contributed by atoms with van der Waals surface area (Å²) in [4.78, 5) is 23.1. The first-order valence-corrected chi connectivity index (χ1v) is 9.45. The summed E-state index contributed by atoms with van der Waals surface area (Å²) in [6.07, 6.45) is 10.1. The number of hydrogen-bond acceptors (Lipinski definition) is 2. The fourth-order valence-corrected chi connectivity index (χ4v) is 3.91. The van der Waals surface area contributed by atoms with E-state index in [2.05, 4.69) is 13.0 Å². The summed E-state index contributed by atoms with van der Waals surface area (Å²) in [7, 11) is 0. The van der Waals surface area contributed by atoms with Gasteiger partial charge in [-0.25, -0.2) is 0 Å². The maximum atomic E-state index is 12.4. The predicted molar refractivity (Wildman–Crippen MR) is 96.5 cm³/mol. The molecule has 1 aromatic rings. The first-order valence-electron chi connectivity index (χ1n) is 9.45. The van der Waals surface area contributed by atoms with Crippen LogP contribution in [0, 0.1) is 5.92 Å². The van der Waals surface area contributed by atoms with Gasteiger partial charge in [0.15, 0.2) is 5.78 Å². The van der Waals surface area contributed by atoms with Crippen LogP contribution in [0.1, 0.15) is 93.0 Å². The number of unbranched alkanes of at least 4 members (excludes halogenated alkanes) is 2. The third kappa shape index (κ3) is 5.47. The van der Waals surface area contributed by atoms with Crippen LogP contribution in [0.25, 0.3) is 0 Å². The summed E-state index contributed by atoms with van der Waals surface area (Å²) in [5, 5.41) is 8.79. The van der Waals surface area contributed by atoms with Gasteiger partial charge in [0.25, 0.3) is 0 Å². The van der Waals surface area contributed by atoms with E-state index in [9.17, 15) is 9.59 Å². The van der Waals surface area contributed by atoms with Crippen LogP contribution in [0.5, 0.6) is 0 Å². The summed E-state index contributed by atoms with van der Waals surface area (Å²) in [6.45, 7) is 2.25. The van der Waals surface area contributed by atoms with Gasteiger partial charge in [-0.3, -0.25) is 9.59 Å². The molecule has 0 heterocycles. The Bertz CT molecular complexity index is 542. The Balaban J connectivity index is 1.95. The largest absolute Gasteiger partial charge is 0.481 e. The highest BCUT2D eigenvalue weighted by atomic mass is 16.4. The highest BCUT2D eigenvalue weighted by Gasteiger charge is 2.25. The molecule has 0 bridgehead atoms. The van der Waals surface area contributed by atoms with E-state index in [-0.39, 0.29) is 18.6 Å². The number of benzene rings is 1. The summed E-state index contributed by atoms with van der Waals surface area (Å²) in [5.41, 5.74) is 1.88. The summed E-state index contributed by atoms with van der Waals surface area (Å²) in [6, 6.07) is 7.81. The maximum Gasteiger partial charge on any atom is 0.303 e. The van der Waals surface area contributed by atoms with Gasteiger partial charge in [0, 0.05) is 12.0 Å². The van der Waals surface area contributed by atoms with Crippen molar-refractivity contribution in [2.75, 3.05) is 0 Å². The zero-order valence-corrected chi connectivity index (χ0v) is 14.8. The molecule has 0 aliphatic heterocycles. The van der Waals surface area contributed by atoms with Gasteiger partial charge in [-0.15, -0.1) is 0 Å². The van der Waals surface area contributed by atoms with Crippen molar-refractivity contribution in [1.82, 2.24) is 0 Å². The lowest BCUT2D eigenvalue weighted by atomic mass is 9.75. The Kier molecular flexibility index (Phi) is 7.48. The predicted octanol–water partition coefficient (Wildman–Crippen LogP) is 5.59. The zero-order chi connectivity index (χ0) is 17.4. The van der Waals surface area contributed by atoms with Crippen LogP contribution in [0.4, 0.5) is 0 Å². The molecule has 1 saturated carbocycles. The van der Waals surface area contributed by atoms with Crippen molar-refractivity contribution in [2.45, 2.75) is 77.0 Å². The molecule has 1 fully saturated rings. The van der Waals surface area contributed by atoms with Crippen molar-refractivity contribution in [3.05, 3.63) is 35.4 Å². The molecule has 1 aromatic carbocycles. The molecule has 132 valence electrons. The lowest BCUT2D eigenvalue weighted by Crippen LogP contribution is -2.16. The standard InChI is InChI=1S/C21H30O3/c1-2-3-4-7-16-10-12-17(13-11-16)18-8-5-6-9-19(18)20(22)14-15-21(23)24/h5-6,8-9,16-17H,2-4,7,10-15H2,1H3,(H,23,24). The molecule has 0 atom stereocenters. The molecule has 0 saturated heterocycles. The number of rotatable bonds is 9. The average Bonchev–Trinajstić information content (AvgIpc) is 2.60. The number of aliphatic carboxylic acids is 1. The van der Waals surface area contributed by atoms with Gasteiger partial charge >= 0.3 is 5.97 Å². The van der Waals surface area contributed by atoms with Crippen LogP contribution in [0.3, 0.4) is 0 Å². The van der Waals surface area contributed by atoms with Crippen molar-refractivity contribution in [1.29, 1.82) is 0 Å². The van der Waals surface area contributed by atoms with E-state index in [1.165, 1.54) is 38.5 Å². The number of hydrogen-bond donors (Lipinski definition) is 1. The Labute approximate surface area is 145 Å². The molecule has 1 aliphatic carbocycles. The van der Waals surface area contributed by atoms with Gasteiger partial charge in [-0.05, 0) is 43.1 Å². The number of carboxylic acids is 1. The van der Waals surface area contributed by atoms with Crippen LogP contribution in [-0.2, 0) is 4.79 Å². The van der Waals surface area contributed by atoms with E-state index < -0.39 is 5.97 Å². The minimum absolute atomic E-state index is 0.0296. The zero-order valence-electron chi connectivity index (χ0n) is 14.8. The van der Waals surface area contributed by atoms with E-state index in [4.69, 9.17) is 5.11 Å². The normalized spacial score (nSPS) is 20.7. The molecule has 0 spiro atoms. The molecular formula is C21H30O3. The number of carbonyl (C=O) groups is 2. The Morgan fingerprint density at radius 1 is 1.04 bits per heavy atom. The lowest BCUT2D eigenvalue weighted by molar-refractivity contribution is -0.136. The SMILES string of the molecule is CCCCCC1CCC(c2ccccc2C(=O)CCC(=O)O)CC1. The van der Waals surface area contributed by atoms with Gasteiger partial charge in [0.2, 0.25) is 0 Å². The average molecular weight is 330 g/mol. The molecule has 0 aromatic heterocycles. The van der Waals surface area contributed by atoms with Crippen LogP contribution < -0.4 is 0 Å². The molecule has 2 rings (SSSR count). The summed E-state index contributed by atoms with van der Waals surface area (Å²) in [5.74, 6) is 0.367. The quantitative estimate of drug-likeness (QED) is 0.474. The Morgan fingerprint density at radius 2 is 1.75 bits per heavy atom. The van der Waals surface area contributed by atoms with Gasteiger partial charge < -0.3 is 5.11 Å². The molecule has 24 heavy (non-hydrogen) atoms. The fraction of sp³-hybridized carbons (Fsp3) is 0.619. The minimum Gasteiger partial charge on any atom is -0.481 e. The molecule has 0 amide bonds. The van der Waals surface area contributed by atoms with Crippen LogP contribution in [0.15, 0.2) is 24.3 Å². The van der Waals surface area contributed by atoms with Crippen LogP contribution >= 0.6 is 0 Å². The van der Waals surface area contributed by atoms with E-state index >= 15 is 0 Å². The fourth-order valence-electron chi connectivity index (χ4n) is 3.91.